The van der Waals surface area contributed by atoms with Gasteiger partial charge in [0.1, 0.15) is 0 Å². The number of ether oxygens (including phenoxy) is 2. The molecule has 3 nitrogen and oxygen atoms in total. The molecule has 1 unspecified atom stereocenters. The minimum atomic E-state index is 0.713. The van der Waals surface area contributed by atoms with E-state index in [0.29, 0.717) is 6.61 Å². The second-order valence-corrected chi connectivity index (χ2v) is 3.61. The molecule has 1 atom stereocenters. The Labute approximate surface area is 80.8 Å². The number of hydrogen-bond donors (Lipinski definition) is 1. The van der Waals surface area contributed by atoms with Crippen LogP contribution in [0, 0.1) is 5.92 Å². The third-order valence-electron chi connectivity index (χ3n) is 2.50. The van der Waals surface area contributed by atoms with Gasteiger partial charge in [-0.25, -0.2) is 0 Å². The van der Waals surface area contributed by atoms with Crippen molar-refractivity contribution >= 4 is 0 Å². The van der Waals surface area contributed by atoms with E-state index in [0.717, 1.165) is 19.1 Å². The molecule has 1 N–H and O–H groups in total. The van der Waals surface area contributed by atoms with Crippen LogP contribution in [-0.4, -0.2) is 40.0 Å². The van der Waals surface area contributed by atoms with Crippen molar-refractivity contribution in [3.63, 3.8) is 0 Å². The summed E-state index contributed by atoms with van der Waals surface area (Å²) in [4.78, 5) is 0. The summed E-state index contributed by atoms with van der Waals surface area (Å²) >= 11 is 0. The van der Waals surface area contributed by atoms with Gasteiger partial charge in [-0.15, -0.1) is 0 Å². The smallest absolute Gasteiger partial charge is 0.0700 e. The maximum absolute atomic E-state index is 5.39. The Balaban J connectivity index is 1.78. The second kappa shape index (κ2) is 7.30. The van der Waals surface area contributed by atoms with Crippen molar-refractivity contribution in [1.29, 1.82) is 0 Å². The molecular formula is C10H21NO2. The highest BCUT2D eigenvalue weighted by Gasteiger charge is 2.12. The SMILES string of the molecule is COCCOCCCC1CCNC1. The van der Waals surface area contributed by atoms with E-state index >= 15 is 0 Å². The topological polar surface area (TPSA) is 30.5 Å². The Morgan fingerprint density at radius 3 is 2.92 bits per heavy atom. The zero-order valence-electron chi connectivity index (χ0n) is 8.55. The summed E-state index contributed by atoms with van der Waals surface area (Å²) in [5.41, 5.74) is 0. The summed E-state index contributed by atoms with van der Waals surface area (Å²) in [5.74, 6) is 0.894. The second-order valence-electron chi connectivity index (χ2n) is 3.61. The third kappa shape index (κ3) is 5.24. The van der Waals surface area contributed by atoms with Gasteiger partial charge >= 0.3 is 0 Å². The van der Waals surface area contributed by atoms with Crippen molar-refractivity contribution in [3.8, 4) is 0 Å². The summed E-state index contributed by atoms with van der Waals surface area (Å²) in [6, 6.07) is 0. The first-order chi connectivity index (χ1) is 6.43. The highest BCUT2D eigenvalue weighted by Crippen LogP contribution is 2.13. The Bertz CT molecular complexity index is 113. The third-order valence-corrected chi connectivity index (χ3v) is 2.50. The van der Waals surface area contributed by atoms with E-state index in [1.807, 2.05) is 0 Å². The van der Waals surface area contributed by atoms with Crippen molar-refractivity contribution in [2.75, 3.05) is 40.0 Å². The average molecular weight is 187 g/mol. The van der Waals surface area contributed by atoms with Crippen LogP contribution in [0.25, 0.3) is 0 Å². The minimum Gasteiger partial charge on any atom is -0.382 e. The Hall–Kier alpha value is -0.120. The van der Waals surface area contributed by atoms with E-state index in [9.17, 15) is 0 Å². The molecule has 1 aliphatic heterocycles. The van der Waals surface area contributed by atoms with Gasteiger partial charge in [-0.1, -0.05) is 0 Å². The molecular weight excluding hydrogens is 166 g/mol. The maximum atomic E-state index is 5.39. The average Bonchev–Trinajstić information content (AvgIpc) is 2.63. The molecule has 3 heteroatoms. The Morgan fingerprint density at radius 1 is 1.31 bits per heavy atom. The van der Waals surface area contributed by atoms with Crippen LogP contribution in [0.1, 0.15) is 19.3 Å². The molecule has 0 spiro atoms. The van der Waals surface area contributed by atoms with Crippen molar-refractivity contribution in [3.05, 3.63) is 0 Å². The molecule has 0 aromatic heterocycles. The summed E-state index contributed by atoms with van der Waals surface area (Å²) in [6.07, 6.45) is 3.84. The van der Waals surface area contributed by atoms with Gasteiger partial charge in [-0.2, -0.15) is 0 Å². The first-order valence-electron chi connectivity index (χ1n) is 5.21. The van der Waals surface area contributed by atoms with E-state index in [-0.39, 0.29) is 0 Å². The first kappa shape index (κ1) is 11.0. The lowest BCUT2D eigenvalue weighted by molar-refractivity contribution is 0.0675. The molecule has 0 aromatic carbocycles. The van der Waals surface area contributed by atoms with E-state index < -0.39 is 0 Å². The molecule has 0 amide bonds. The van der Waals surface area contributed by atoms with Crippen LogP contribution in [-0.2, 0) is 9.47 Å². The predicted octanol–water partition coefficient (Wildman–Crippen LogP) is 1.04. The standard InChI is InChI=1S/C10H21NO2/c1-12-7-8-13-6-2-3-10-4-5-11-9-10/h10-11H,2-9H2,1H3. The van der Waals surface area contributed by atoms with Gasteiger partial charge in [0.15, 0.2) is 0 Å². The van der Waals surface area contributed by atoms with Crippen LogP contribution >= 0.6 is 0 Å². The minimum absolute atomic E-state index is 0.713. The Morgan fingerprint density at radius 2 is 2.23 bits per heavy atom. The summed E-state index contributed by atoms with van der Waals surface area (Å²) in [5, 5.41) is 3.37. The van der Waals surface area contributed by atoms with Crippen LogP contribution < -0.4 is 5.32 Å². The van der Waals surface area contributed by atoms with Gasteiger partial charge in [0.05, 0.1) is 13.2 Å². The van der Waals surface area contributed by atoms with Crippen LogP contribution in [0.15, 0.2) is 0 Å². The van der Waals surface area contributed by atoms with Gasteiger partial charge < -0.3 is 14.8 Å². The molecule has 0 saturated carbocycles. The maximum Gasteiger partial charge on any atom is 0.0700 e. The fourth-order valence-corrected chi connectivity index (χ4v) is 1.68. The molecule has 13 heavy (non-hydrogen) atoms. The van der Waals surface area contributed by atoms with Gasteiger partial charge in [0, 0.05) is 13.7 Å². The zero-order chi connectivity index (χ0) is 9.36. The fourth-order valence-electron chi connectivity index (χ4n) is 1.68. The lowest BCUT2D eigenvalue weighted by Crippen LogP contribution is -2.10. The normalized spacial score (nSPS) is 22.4. The molecule has 0 radical (unpaired) electrons. The highest BCUT2D eigenvalue weighted by molar-refractivity contribution is 4.70. The first-order valence-corrected chi connectivity index (χ1v) is 5.21. The van der Waals surface area contributed by atoms with Crippen molar-refractivity contribution in [2.24, 2.45) is 5.92 Å². The van der Waals surface area contributed by atoms with Crippen molar-refractivity contribution in [2.45, 2.75) is 19.3 Å². The molecule has 78 valence electrons. The monoisotopic (exact) mass is 187 g/mol. The fraction of sp³-hybridized carbons (Fsp3) is 1.00. The molecule has 1 fully saturated rings. The number of rotatable bonds is 7. The van der Waals surface area contributed by atoms with Crippen LogP contribution in [0.5, 0.6) is 0 Å². The summed E-state index contributed by atoms with van der Waals surface area (Å²) in [7, 11) is 1.70. The van der Waals surface area contributed by atoms with E-state index in [1.54, 1.807) is 7.11 Å². The van der Waals surface area contributed by atoms with Crippen LogP contribution in [0.2, 0.25) is 0 Å². The van der Waals surface area contributed by atoms with Gasteiger partial charge in [0.2, 0.25) is 0 Å². The van der Waals surface area contributed by atoms with Crippen LogP contribution in [0.3, 0.4) is 0 Å². The molecule has 1 saturated heterocycles. The van der Waals surface area contributed by atoms with Crippen LogP contribution in [0.4, 0.5) is 0 Å². The van der Waals surface area contributed by atoms with E-state index in [4.69, 9.17) is 9.47 Å². The van der Waals surface area contributed by atoms with E-state index in [2.05, 4.69) is 5.32 Å². The number of nitrogens with one attached hydrogen (secondary N) is 1. The molecule has 1 rings (SSSR count). The molecule has 0 aromatic rings. The van der Waals surface area contributed by atoms with Gasteiger partial charge in [-0.3, -0.25) is 0 Å². The zero-order valence-corrected chi connectivity index (χ0v) is 8.55. The number of methoxy groups -OCH3 is 1. The molecule has 1 heterocycles. The van der Waals surface area contributed by atoms with Crippen molar-refractivity contribution in [1.82, 2.24) is 5.32 Å². The predicted molar refractivity (Wildman–Crippen MR) is 52.9 cm³/mol. The van der Waals surface area contributed by atoms with E-state index in [1.165, 1.54) is 32.4 Å². The number of hydrogen-bond acceptors (Lipinski definition) is 3. The Kier molecular flexibility index (Phi) is 6.15. The molecule has 0 aliphatic carbocycles. The quantitative estimate of drug-likeness (QED) is 0.604. The van der Waals surface area contributed by atoms with Gasteiger partial charge in [0.25, 0.3) is 0 Å². The van der Waals surface area contributed by atoms with Crippen molar-refractivity contribution < 1.29 is 9.47 Å². The molecule has 0 bridgehead atoms. The molecule has 1 aliphatic rings. The summed E-state index contributed by atoms with van der Waals surface area (Å²) in [6.45, 7) is 4.75. The summed E-state index contributed by atoms with van der Waals surface area (Å²) < 4.78 is 10.3. The lowest BCUT2D eigenvalue weighted by atomic mass is 10.0. The highest BCUT2D eigenvalue weighted by atomic mass is 16.5. The lowest BCUT2D eigenvalue weighted by Gasteiger charge is -2.07. The largest absolute Gasteiger partial charge is 0.382 e. The van der Waals surface area contributed by atoms with Gasteiger partial charge in [-0.05, 0) is 38.3 Å².